The lowest BCUT2D eigenvalue weighted by Gasteiger charge is -2.14. The first-order valence-corrected chi connectivity index (χ1v) is 5.88. The quantitative estimate of drug-likeness (QED) is 0.836. The number of methoxy groups -OCH3 is 1. The Labute approximate surface area is 111 Å². The maximum absolute atomic E-state index is 8.71. The molecule has 0 amide bonds. The third-order valence-electron chi connectivity index (χ3n) is 2.67. The molecule has 6 heteroatoms. The van der Waals surface area contributed by atoms with Gasteiger partial charge in [0.1, 0.15) is 17.9 Å². The maximum atomic E-state index is 8.71. The molecule has 0 saturated carbocycles. The van der Waals surface area contributed by atoms with Crippen LogP contribution in [-0.2, 0) is 4.74 Å². The Hall–Kier alpha value is -2.26. The van der Waals surface area contributed by atoms with E-state index in [0.29, 0.717) is 23.0 Å². The maximum Gasteiger partial charge on any atom is 0.276 e. The zero-order valence-electron chi connectivity index (χ0n) is 11.0. The summed E-state index contributed by atoms with van der Waals surface area (Å²) < 4.78 is 10.5. The zero-order valence-corrected chi connectivity index (χ0v) is 11.0. The Morgan fingerprint density at radius 1 is 1.37 bits per heavy atom. The van der Waals surface area contributed by atoms with E-state index in [1.165, 1.54) is 6.20 Å². The first-order valence-electron chi connectivity index (χ1n) is 5.88. The van der Waals surface area contributed by atoms with Gasteiger partial charge in [0.25, 0.3) is 5.89 Å². The van der Waals surface area contributed by atoms with Crippen molar-refractivity contribution in [3.05, 3.63) is 29.7 Å². The van der Waals surface area contributed by atoms with Crippen LogP contribution in [0, 0.1) is 17.2 Å². The van der Waals surface area contributed by atoms with Gasteiger partial charge < -0.3 is 9.26 Å². The van der Waals surface area contributed by atoms with E-state index in [9.17, 15) is 0 Å². The van der Waals surface area contributed by atoms with Gasteiger partial charge in [0, 0.05) is 13.3 Å². The fourth-order valence-electron chi connectivity index (χ4n) is 1.72. The fraction of sp³-hybridized carbons (Fsp3) is 0.385. The van der Waals surface area contributed by atoms with Crippen LogP contribution in [0.25, 0.3) is 11.6 Å². The lowest BCUT2D eigenvalue weighted by atomic mass is 10.1. The van der Waals surface area contributed by atoms with E-state index >= 15 is 0 Å². The Morgan fingerprint density at radius 3 is 2.68 bits per heavy atom. The number of rotatable bonds is 4. The van der Waals surface area contributed by atoms with E-state index in [1.807, 2.05) is 19.9 Å². The molecule has 0 saturated heterocycles. The first-order chi connectivity index (χ1) is 9.15. The Bertz CT molecular complexity index is 583. The molecule has 1 atom stereocenters. The van der Waals surface area contributed by atoms with E-state index < -0.39 is 0 Å². The van der Waals surface area contributed by atoms with Crippen LogP contribution in [0.3, 0.4) is 0 Å². The molecule has 0 bridgehead atoms. The van der Waals surface area contributed by atoms with Gasteiger partial charge in [0.15, 0.2) is 0 Å². The molecule has 0 aliphatic rings. The molecule has 0 spiro atoms. The zero-order chi connectivity index (χ0) is 13.8. The highest BCUT2D eigenvalue weighted by molar-refractivity contribution is 5.47. The molecule has 2 heterocycles. The molecule has 0 aromatic carbocycles. The van der Waals surface area contributed by atoms with Crippen molar-refractivity contribution in [2.24, 2.45) is 5.92 Å². The lowest BCUT2D eigenvalue weighted by Crippen LogP contribution is -2.10. The predicted octanol–water partition coefficient (Wildman–Crippen LogP) is 2.35. The minimum atomic E-state index is -0.212. The summed E-state index contributed by atoms with van der Waals surface area (Å²) in [7, 11) is 1.61. The van der Waals surface area contributed by atoms with E-state index in [1.54, 1.807) is 19.2 Å². The Morgan fingerprint density at radius 2 is 2.16 bits per heavy atom. The normalized spacial score (nSPS) is 12.4. The van der Waals surface area contributed by atoms with Gasteiger partial charge in [0.2, 0.25) is 5.82 Å². The van der Waals surface area contributed by atoms with Crippen LogP contribution in [-0.4, -0.2) is 22.2 Å². The summed E-state index contributed by atoms with van der Waals surface area (Å²) in [5.41, 5.74) is 1.02. The lowest BCUT2D eigenvalue weighted by molar-refractivity contribution is 0.0556. The molecular formula is C13H14N4O2. The second-order valence-electron chi connectivity index (χ2n) is 4.40. The van der Waals surface area contributed by atoms with Crippen LogP contribution >= 0.6 is 0 Å². The van der Waals surface area contributed by atoms with Crippen LogP contribution < -0.4 is 0 Å². The van der Waals surface area contributed by atoms with Crippen LogP contribution in [0.15, 0.2) is 22.9 Å². The summed E-state index contributed by atoms with van der Waals surface area (Å²) in [5, 5.41) is 12.6. The molecule has 2 rings (SSSR count). The van der Waals surface area contributed by atoms with E-state index in [0.717, 1.165) is 0 Å². The second-order valence-corrected chi connectivity index (χ2v) is 4.40. The van der Waals surface area contributed by atoms with Gasteiger partial charge in [0.05, 0.1) is 5.56 Å². The first kappa shape index (κ1) is 13.2. The van der Waals surface area contributed by atoms with Crippen molar-refractivity contribution in [1.29, 1.82) is 5.26 Å². The van der Waals surface area contributed by atoms with Crippen molar-refractivity contribution >= 4 is 0 Å². The van der Waals surface area contributed by atoms with Crippen molar-refractivity contribution < 1.29 is 9.26 Å². The third kappa shape index (κ3) is 2.77. The minimum absolute atomic E-state index is 0.212. The molecule has 2 aromatic rings. The van der Waals surface area contributed by atoms with Crippen molar-refractivity contribution in [2.75, 3.05) is 7.11 Å². The highest BCUT2D eigenvalue weighted by atomic mass is 16.5. The number of ether oxygens (including phenoxy) is 1. The molecule has 19 heavy (non-hydrogen) atoms. The fourth-order valence-corrected chi connectivity index (χ4v) is 1.72. The van der Waals surface area contributed by atoms with E-state index in [4.69, 9.17) is 14.5 Å². The number of hydrogen-bond donors (Lipinski definition) is 0. The van der Waals surface area contributed by atoms with E-state index in [2.05, 4.69) is 15.1 Å². The van der Waals surface area contributed by atoms with Gasteiger partial charge in [-0.05, 0) is 18.1 Å². The standard InChI is InChI=1S/C13H14N4O2/c1-8(2)11(18-3)12-16-13(19-17-12)10-5-4-9(6-14)7-15-10/h4-5,7-8,11H,1-3H3. The second kappa shape index (κ2) is 5.59. The van der Waals surface area contributed by atoms with Crippen LogP contribution in [0.5, 0.6) is 0 Å². The molecule has 0 aliphatic heterocycles. The highest BCUT2D eigenvalue weighted by Gasteiger charge is 2.22. The number of pyridine rings is 1. The van der Waals surface area contributed by atoms with Crippen molar-refractivity contribution in [1.82, 2.24) is 15.1 Å². The molecule has 6 nitrogen and oxygen atoms in total. The summed E-state index contributed by atoms with van der Waals surface area (Å²) >= 11 is 0. The molecule has 2 aromatic heterocycles. The average Bonchev–Trinajstić information content (AvgIpc) is 2.89. The molecule has 98 valence electrons. The van der Waals surface area contributed by atoms with Gasteiger partial charge in [-0.2, -0.15) is 10.2 Å². The third-order valence-corrected chi connectivity index (χ3v) is 2.67. The number of nitrogens with zero attached hydrogens (tertiary/aromatic N) is 4. The Kier molecular flexibility index (Phi) is 3.88. The monoisotopic (exact) mass is 258 g/mol. The van der Waals surface area contributed by atoms with Crippen molar-refractivity contribution in [3.8, 4) is 17.7 Å². The average molecular weight is 258 g/mol. The van der Waals surface area contributed by atoms with Gasteiger partial charge >= 0.3 is 0 Å². The van der Waals surface area contributed by atoms with Gasteiger partial charge in [-0.25, -0.2) is 4.98 Å². The number of aromatic nitrogens is 3. The number of hydrogen-bond acceptors (Lipinski definition) is 6. The molecule has 0 radical (unpaired) electrons. The topological polar surface area (TPSA) is 84.8 Å². The predicted molar refractivity (Wildman–Crippen MR) is 66.8 cm³/mol. The number of nitriles is 1. The summed E-state index contributed by atoms with van der Waals surface area (Å²) in [4.78, 5) is 8.38. The van der Waals surface area contributed by atoms with Gasteiger partial charge in [-0.3, -0.25) is 0 Å². The smallest absolute Gasteiger partial charge is 0.276 e. The summed E-state index contributed by atoms with van der Waals surface area (Å²) in [6.45, 7) is 4.04. The summed E-state index contributed by atoms with van der Waals surface area (Å²) in [6, 6.07) is 5.33. The van der Waals surface area contributed by atoms with Crippen LogP contribution in [0.4, 0.5) is 0 Å². The van der Waals surface area contributed by atoms with Gasteiger partial charge in [-0.15, -0.1) is 0 Å². The Balaban J connectivity index is 2.27. The molecular weight excluding hydrogens is 244 g/mol. The largest absolute Gasteiger partial charge is 0.373 e. The summed E-state index contributed by atoms with van der Waals surface area (Å²) in [5.74, 6) is 1.06. The molecule has 1 unspecified atom stereocenters. The molecule has 0 fully saturated rings. The molecule has 0 N–H and O–H groups in total. The SMILES string of the molecule is COC(c1noc(-c2ccc(C#N)cn2)n1)C(C)C. The molecule has 0 aliphatic carbocycles. The van der Waals surface area contributed by atoms with Crippen molar-refractivity contribution in [2.45, 2.75) is 20.0 Å². The van der Waals surface area contributed by atoms with Crippen molar-refractivity contribution in [3.63, 3.8) is 0 Å². The highest BCUT2D eigenvalue weighted by Crippen LogP contribution is 2.24. The van der Waals surface area contributed by atoms with Crippen LogP contribution in [0.1, 0.15) is 31.3 Å². The minimum Gasteiger partial charge on any atom is -0.373 e. The van der Waals surface area contributed by atoms with Crippen LogP contribution in [0.2, 0.25) is 0 Å². The van der Waals surface area contributed by atoms with Gasteiger partial charge in [-0.1, -0.05) is 19.0 Å². The van der Waals surface area contributed by atoms with E-state index in [-0.39, 0.29) is 12.0 Å². The summed E-state index contributed by atoms with van der Waals surface area (Å²) in [6.07, 6.45) is 1.26.